The van der Waals surface area contributed by atoms with E-state index in [1.807, 2.05) is 0 Å². The molecular weight excluding hydrogens is 231 g/mol. The molecule has 1 aliphatic rings. The Morgan fingerprint density at radius 3 is 2.50 bits per heavy atom. The Morgan fingerprint density at radius 1 is 1.31 bits per heavy atom. The number of benzene rings is 1. The first kappa shape index (κ1) is 11.3. The average molecular weight is 242 g/mol. The van der Waals surface area contributed by atoms with Crippen LogP contribution in [0.15, 0.2) is 28.5 Å². The molecule has 0 aromatic heterocycles. The van der Waals surface area contributed by atoms with Crippen molar-refractivity contribution in [3.8, 4) is 0 Å². The van der Waals surface area contributed by atoms with Gasteiger partial charge in [-0.05, 0) is 26.0 Å². The van der Waals surface area contributed by atoms with Crippen molar-refractivity contribution in [2.75, 3.05) is 0 Å². The van der Waals surface area contributed by atoms with Gasteiger partial charge < -0.3 is 5.11 Å². The van der Waals surface area contributed by atoms with Gasteiger partial charge in [-0.2, -0.15) is 0 Å². The van der Waals surface area contributed by atoms with Crippen molar-refractivity contribution >= 4 is 15.4 Å². The Morgan fingerprint density at radius 2 is 1.94 bits per heavy atom. The minimum absolute atomic E-state index is 0.0791. The van der Waals surface area contributed by atoms with Gasteiger partial charge in [-0.3, -0.25) is 0 Å². The van der Waals surface area contributed by atoms with Crippen molar-refractivity contribution in [1.29, 1.82) is 0 Å². The molecule has 16 heavy (non-hydrogen) atoms. The van der Waals surface area contributed by atoms with Crippen molar-refractivity contribution in [2.45, 2.75) is 24.3 Å². The molecule has 1 N–H and O–H groups in total. The summed E-state index contributed by atoms with van der Waals surface area (Å²) in [5, 5.41) is 10.8. The van der Waals surface area contributed by atoms with Crippen molar-refractivity contribution in [3.05, 3.63) is 35.0 Å². The van der Waals surface area contributed by atoms with Gasteiger partial charge in [-0.25, -0.2) is 12.8 Å². The van der Waals surface area contributed by atoms with Crippen LogP contribution in [0, 0.1) is 5.82 Å². The standard InChI is InChI=1S/C11H11FO3S/c1-11(2,13)9-6-16(14,15)10-5-7(12)3-4-8(9)10/h3-6,13H,1-2H3. The van der Waals surface area contributed by atoms with E-state index in [2.05, 4.69) is 0 Å². The Labute approximate surface area is 93.1 Å². The summed E-state index contributed by atoms with van der Waals surface area (Å²) in [6, 6.07) is 3.53. The Bertz CT molecular complexity index is 580. The predicted octanol–water partition coefficient (Wildman–Crippen LogP) is 1.72. The van der Waals surface area contributed by atoms with Gasteiger partial charge in [0, 0.05) is 16.5 Å². The molecule has 1 aromatic rings. The van der Waals surface area contributed by atoms with Crippen LogP contribution >= 0.6 is 0 Å². The van der Waals surface area contributed by atoms with Gasteiger partial charge in [-0.15, -0.1) is 0 Å². The van der Waals surface area contributed by atoms with Crippen molar-refractivity contribution < 1.29 is 17.9 Å². The lowest BCUT2D eigenvalue weighted by molar-refractivity contribution is 0.144. The van der Waals surface area contributed by atoms with E-state index in [1.165, 1.54) is 26.0 Å². The van der Waals surface area contributed by atoms with Gasteiger partial charge in [-0.1, -0.05) is 6.07 Å². The highest BCUT2D eigenvalue weighted by molar-refractivity contribution is 7.95. The quantitative estimate of drug-likeness (QED) is 0.815. The summed E-state index contributed by atoms with van der Waals surface area (Å²) < 4.78 is 36.4. The second-order valence-corrected chi connectivity index (χ2v) is 6.04. The molecule has 0 saturated carbocycles. The van der Waals surface area contributed by atoms with Crippen LogP contribution in [-0.2, 0) is 9.84 Å². The van der Waals surface area contributed by atoms with Crippen molar-refractivity contribution in [3.63, 3.8) is 0 Å². The number of hydrogen-bond acceptors (Lipinski definition) is 3. The Kier molecular flexibility index (Phi) is 2.22. The predicted molar refractivity (Wildman–Crippen MR) is 57.9 cm³/mol. The van der Waals surface area contributed by atoms with Gasteiger partial charge in [0.25, 0.3) is 0 Å². The topological polar surface area (TPSA) is 54.4 Å². The summed E-state index contributed by atoms with van der Waals surface area (Å²) in [6.07, 6.45) is 0. The number of halogens is 1. The maximum Gasteiger partial charge on any atom is 0.200 e. The van der Waals surface area contributed by atoms with Crippen LogP contribution in [0.2, 0.25) is 0 Å². The zero-order chi connectivity index (χ0) is 12.1. The number of hydrogen-bond donors (Lipinski definition) is 1. The Hall–Kier alpha value is -1.20. The smallest absolute Gasteiger partial charge is 0.200 e. The zero-order valence-corrected chi connectivity index (χ0v) is 9.68. The minimum Gasteiger partial charge on any atom is -0.386 e. The second kappa shape index (κ2) is 3.15. The van der Waals surface area contributed by atoms with Gasteiger partial charge in [0.15, 0.2) is 0 Å². The summed E-state index contributed by atoms with van der Waals surface area (Å²) >= 11 is 0. The van der Waals surface area contributed by atoms with E-state index in [0.29, 0.717) is 11.1 Å². The largest absolute Gasteiger partial charge is 0.386 e. The SMILES string of the molecule is CC(C)(O)C1=CS(=O)(=O)c2cc(F)ccc21. The average Bonchev–Trinajstić information content (AvgIpc) is 2.38. The van der Waals surface area contributed by atoms with Crippen LogP contribution in [-0.4, -0.2) is 19.1 Å². The number of aliphatic hydroxyl groups is 1. The lowest BCUT2D eigenvalue weighted by atomic mass is 9.93. The molecule has 0 bridgehead atoms. The van der Waals surface area contributed by atoms with E-state index < -0.39 is 21.3 Å². The third-order valence-corrected chi connectivity index (χ3v) is 3.97. The highest BCUT2D eigenvalue weighted by atomic mass is 32.2. The van der Waals surface area contributed by atoms with Crippen LogP contribution < -0.4 is 0 Å². The van der Waals surface area contributed by atoms with E-state index in [9.17, 15) is 17.9 Å². The maximum absolute atomic E-state index is 13.0. The highest BCUT2D eigenvalue weighted by Crippen LogP contribution is 2.39. The molecule has 0 spiro atoms. The molecule has 5 heteroatoms. The zero-order valence-electron chi connectivity index (χ0n) is 8.86. The fourth-order valence-electron chi connectivity index (χ4n) is 1.71. The first-order chi connectivity index (χ1) is 7.22. The molecule has 86 valence electrons. The van der Waals surface area contributed by atoms with Crippen LogP contribution in [0.25, 0.3) is 5.57 Å². The monoisotopic (exact) mass is 242 g/mol. The fourth-order valence-corrected chi connectivity index (χ4v) is 3.32. The molecule has 1 heterocycles. The first-order valence-electron chi connectivity index (χ1n) is 4.71. The summed E-state index contributed by atoms with van der Waals surface area (Å²) in [7, 11) is -3.62. The van der Waals surface area contributed by atoms with E-state index >= 15 is 0 Å². The number of fused-ring (bicyclic) bond motifs is 1. The molecule has 1 aliphatic heterocycles. The fraction of sp³-hybridized carbons (Fsp3) is 0.273. The minimum atomic E-state index is -3.62. The first-order valence-corrected chi connectivity index (χ1v) is 6.26. The van der Waals surface area contributed by atoms with Crippen molar-refractivity contribution in [1.82, 2.24) is 0 Å². The lowest BCUT2D eigenvalue weighted by Gasteiger charge is -2.19. The summed E-state index contributed by atoms with van der Waals surface area (Å²) in [6.45, 7) is 2.99. The molecule has 0 unspecified atom stereocenters. The molecule has 0 fully saturated rings. The van der Waals surface area contributed by atoms with E-state index in [4.69, 9.17) is 0 Å². The molecule has 3 nitrogen and oxygen atoms in total. The Balaban J connectivity index is 2.75. The maximum atomic E-state index is 13.0. The van der Waals surface area contributed by atoms with E-state index in [1.54, 1.807) is 0 Å². The van der Waals surface area contributed by atoms with Gasteiger partial charge in [0.2, 0.25) is 9.84 Å². The number of rotatable bonds is 1. The van der Waals surface area contributed by atoms with Crippen LogP contribution in [0.5, 0.6) is 0 Å². The van der Waals surface area contributed by atoms with Gasteiger partial charge >= 0.3 is 0 Å². The molecule has 0 atom stereocenters. The lowest BCUT2D eigenvalue weighted by Crippen LogP contribution is -2.19. The molecular formula is C11H11FO3S. The third kappa shape index (κ3) is 1.66. The molecule has 2 rings (SSSR count). The van der Waals surface area contributed by atoms with Gasteiger partial charge in [0.1, 0.15) is 5.82 Å². The highest BCUT2D eigenvalue weighted by Gasteiger charge is 2.34. The molecule has 1 aromatic carbocycles. The summed E-state index contributed by atoms with van der Waals surface area (Å²) in [5.41, 5.74) is -0.604. The molecule has 0 aliphatic carbocycles. The molecule has 0 saturated heterocycles. The van der Waals surface area contributed by atoms with E-state index in [-0.39, 0.29) is 4.90 Å². The second-order valence-electron chi connectivity index (χ2n) is 4.28. The summed E-state index contributed by atoms with van der Waals surface area (Å²) in [4.78, 5) is -0.0791. The molecule has 0 radical (unpaired) electrons. The van der Waals surface area contributed by atoms with Gasteiger partial charge in [0.05, 0.1) is 10.5 Å². The summed E-state index contributed by atoms with van der Waals surface area (Å²) in [5.74, 6) is -0.604. The van der Waals surface area contributed by atoms with Crippen molar-refractivity contribution in [2.24, 2.45) is 0 Å². The molecule has 0 amide bonds. The van der Waals surface area contributed by atoms with Crippen LogP contribution in [0.4, 0.5) is 4.39 Å². The van der Waals surface area contributed by atoms with Crippen LogP contribution in [0.3, 0.4) is 0 Å². The normalized spacial score (nSPS) is 18.1. The van der Waals surface area contributed by atoms with E-state index in [0.717, 1.165) is 11.5 Å². The number of sulfone groups is 1. The third-order valence-electron chi connectivity index (χ3n) is 2.47. The van der Waals surface area contributed by atoms with Crippen LogP contribution in [0.1, 0.15) is 19.4 Å².